The zero-order chi connectivity index (χ0) is 14.9. The number of carboxylic acids is 1. The van der Waals surface area contributed by atoms with Gasteiger partial charge in [0.1, 0.15) is 15.5 Å². The molecule has 20 heavy (non-hydrogen) atoms. The van der Waals surface area contributed by atoms with Crippen LogP contribution in [0.4, 0.5) is 0 Å². The van der Waals surface area contributed by atoms with Crippen molar-refractivity contribution in [2.24, 2.45) is 0 Å². The molecule has 2 aromatic heterocycles. The molecule has 2 aromatic rings. The van der Waals surface area contributed by atoms with Gasteiger partial charge in [0.05, 0.1) is 16.6 Å². The van der Waals surface area contributed by atoms with E-state index < -0.39 is 16.0 Å². The second-order valence-corrected chi connectivity index (χ2v) is 8.28. The summed E-state index contributed by atoms with van der Waals surface area (Å²) < 4.78 is 31.2. The van der Waals surface area contributed by atoms with Crippen LogP contribution < -0.4 is 0 Å². The van der Waals surface area contributed by atoms with E-state index in [1.54, 1.807) is 12.1 Å². The Labute approximate surface area is 127 Å². The molecule has 0 unspecified atom stereocenters. The maximum atomic E-state index is 12.4. The number of nitrogens with zero attached hydrogens (tertiary/aromatic N) is 1. The molecule has 0 bridgehead atoms. The molecule has 0 aromatic carbocycles. The summed E-state index contributed by atoms with van der Waals surface area (Å²) in [7, 11) is -2.38. The quantitative estimate of drug-likeness (QED) is 0.862. The van der Waals surface area contributed by atoms with E-state index in [0.29, 0.717) is 5.76 Å². The molecule has 0 aliphatic rings. The molecule has 0 atom stereocenters. The van der Waals surface area contributed by atoms with E-state index in [-0.39, 0.29) is 20.1 Å². The summed E-state index contributed by atoms with van der Waals surface area (Å²) in [5, 5.41) is 8.90. The van der Waals surface area contributed by atoms with Gasteiger partial charge in [0.25, 0.3) is 0 Å². The second kappa shape index (κ2) is 5.68. The Morgan fingerprint density at radius 3 is 2.75 bits per heavy atom. The van der Waals surface area contributed by atoms with E-state index >= 15 is 0 Å². The van der Waals surface area contributed by atoms with Crippen LogP contribution >= 0.6 is 27.3 Å². The standard InChI is InChI=1S/C11H10BrNO5S2/c1-13(6-7-3-2-4-18-7)20(16,17)9-5-8(11(14)15)19-10(9)12/h2-5H,6H2,1H3,(H,14,15). The number of carboxylic acid groups (broad SMARTS) is 1. The van der Waals surface area contributed by atoms with E-state index in [9.17, 15) is 13.2 Å². The number of hydrogen-bond donors (Lipinski definition) is 1. The van der Waals surface area contributed by atoms with E-state index in [0.717, 1.165) is 21.7 Å². The van der Waals surface area contributed by atoms with Crippen LogP contribution in [0.25, 0.3) is 0 Å². The molecule has 1 N–H and O–H groups in total. The normalized spacial score (nSPS) is 11.9. The molecule has 9 heteroatoms. The Balaban J connectivity index is 2.32. The molecular formula is C11H10BrNO5S2. The van der Waals surface area contributed by atoms with Crippen LogP contribution in [0, 0.1) is 0 Å². The summed E-state index contributed by atoms with van der Waals surface area (Å²) in [6.45, 7) is 0.0695. The fourth-order valence-corrected chi connectivity index (χ4v) is 4.99. The van der Waals surface area contributed by atoms with Crippen molar-refractivity contribution in [1.29, 1.82) is 0 Å². The molecule has 0 saturated heterocycles. The maximum Gasteiger partial charge on any atom is 0.345 e. The first-order valence-corrected chi connectivity index (χ1v) is 8.38. The first-order valence-electron chi connectivity index (χ1n) is 5.33. The van der Waals surface area contributed by atoms with E-state index in [1.165, 1.54) is 13.3 Å². The third kappa shape index (κ3) is 2.95. The molecule has 0 radical (unpaired) electrons. The van der Waals surface area contributed by atoms with Crippen LogP contribution in [0.2, 0.25) is 0 Å². The third-order valence-corrected chi connectivity index (χ3v) is 6.56. The monoisotopic (exact) mass is 379 g/mol. The van der Waals surface area contributed by atoms with Gasteiger partial charge in [0.15, 0.2) is 0 Å². The molecule has 0 fully saturated rings. The first-order chi connectivity index (χ1) is 9.32. The lowest BCUT2D eigenvalue weighted by Crippen LogP contribution is -2.26. The van der Waals surface area contributed by atoms with Crippen LogP contribution in [-0.2, 0) is 16.6 Å². The van der Waals surface area contributed by atoms with Crippen LogP contribution in [0.3, 0.4) is 0 Å². The van der Waals surface area contributed by atoms with Gasteiger partial charge in [-0.3, -0.25) is 0 Å². The number of sulfonamides is 1. The number of furan rings is 1. The highest BCUT2D eigenvalue weighted by Crippen LogP contribution is 2.33. The maximum absolute atomic E-state index is 12.4. The number of thiophene rings is 1. The Bertz CT molecular complexity index is 720. The molecule has 0 amide bonds. The summed E-state index contributed by atoms with van der Waals surface area (Å²) in [4.78, 5) is 10.8. The summed E-state index contributed by atoms with van der Waals surface area (Å²) >= 11 is 3.96. The summed E-state index contributed by atoms with van der Waals surface area (Å²) in [6.07, 6.45) is 1.46. The first kappa shape index (κ1) is 15.2. The van der Waals surface area contributed by atoms with Gasteiger partial charge in [-0.2, -0.15) is 4.31 Å². The summed E-state index contributed by atoms with van der Waals surface area (Å²) in [6, 6.07) is 4.47. The molecule has 6 nitrogen and oxygen atoms in total. The zero-order valence-corrected chi connectivity index (χ0v) is 13.5. The fraction of sp³-hybridized carbons (Fsp3) is 0.182. The summed E-state index contributed by atoms with van der Waals surface area (Å²) in [5.41, 5.74) is 0. The predicted molar refractivity (Wildman–Crippen MR) is 76.3 cm³/mol. The number of aromatic carboxylic acids is 1. The predicted octanol–water partition coefficient (Wildman–Crippen LogP) is 2.62. The van der Waals surface area contributed by atoms with E-state index in [1.807, 2.05) is 0 Å². The Kier molecular flexibility index (Phi) is 4.33. The summed E-state index contributed by atoms with van der Waals surface area (Å²) in [5.74, 6) is -0.660. The highest BCUT2D eigenvalue weighted by atomic mass is 79.9. The van der Waals surface area contributed by atoms with Crippen molar-refractivity contribution in [2.75, 3.05) is 7.05 Å². The van der Waals surface area contributed by atoms with Crippen molar-refractivity contribution in [2.45, 2.75) is 11.4 Å². The average molecular weight is 380 g/mol. The fourth-order valence-electron chi connectivity index (χ4n) is 1.51. The van der Waals surface area contributed by atoms with Gasteiger partial charge in [0, 0.05) is 7.05 Å². The zero-order valence-electron chi connectivity index (χ0n) is 10.2. The largest absolute Gasteiger partial charge is 0.477 e. The number of carbonyl (C=O) groups is 1. The molecule has 0 aliphatic heterocycles. The van der Waals surface area contributed by atoms with Crippen molar-refractivity contribution in [1.82, 2.24) is 4.31 Å². The van der Waals surface area contributed by atoms with Crippen molar-refractivity contribution in [3.05, 3.63) is 38.9 Å². The molecule has 0 spiro atoms. The van der Waals surface area contributed by atoms with Gasteiger partial charge >= 0.3 is 5.97 Å². The minimum atomic E-state index is -3.78. The molecule has 2 rings (SSSR count). The Morgan fingerprint density at radius 2 is 2.25 bits per heavy atom. The molecule has 108 valence electrons. The minimum absolute atomic E-state index is 0.0400. The average Bonchev–Trinajstić information content (AvgIpc) is 2.98. The van der Waals surface area contributed by atoms with Gasteiger partial charge in [-0.25, -0.2) is 13.2 Å². The van der Waals surface area contributed by atoms with Gasteiger partial charge in [-0.1, -0.05) is 0 Å². The second-order valence-electron chi connectivity index (χ2n) is 3.89. The van der Waals surface area contributed by atoms with E-state index in [4.69, 9.17) is 9.52 Å². The van der Waals surface area contributed by atoms with Gasteiger partial charge in [0.2, 0.25) is 10.0 Å². The molecule has 0 aliphatic carbocycles. The molecule has 0 saturated carbocycles. The minimum Gasteiger partial charge on any atom is -0.477 e. The Hall–Kier alpha value is -1.16. The van der Waals surface area contributed by atoms with Crippen molar-refractivity contribution < 1.29 is 22.7 Å². The van der Waals surface area contributed by atoms with E-state index in [2.05, 4.69) is 15.9 Å². The van der Waals surface area contributed by atoms with Crippen LogP contribution in [0.5, 0.6) is 0 Å². The SMILES string of the molecule is CN(Cc1ccco1)S(=O)(=O)c1cc(C(=O)O)sc1Br. The third-order valence-electron chi connectivity index (χ3n) is 2.51. The molecular weight excluding hydrogens is 370 g/mol. The lowest BCUT2D eigenvalue weighted by atomic mass is 10.4. The van der Waals surface area contributed by atoms with Gasteiger partial charge in [-0.05, 0) is 34.1 Å². The van der Waals surface area contributed by atoms with Gasteiger partial charge in [-0.15, -0.1) is 11.3 Å². The van der Waals surface area contributed by atoms with Crippen LogP contribution in [-0.4, -0.2) is 30.8 Å². The highest BCUT2D eigenvalue weighted by Gasteiger charge is 2.27. The molecule has 2 heterocycles. The highest BCUT2D eigenvalue weighted by molar-refractivity contribution is 9.11. The van der Waals surface area contributed by atoms with Crippen LogP contribution in [0.15, 0.2) is 37.6 Å². The van der Waals surface area contributed by atoms with Crippen LogP contribution in [0.1, 0.15) is 15.4 Å². The van der Waals surface area contributed by atoms with Crippen molar-refractivity contribution in [3.8, 4) is 0 Å². The van der Waals surface area contributed by atoms with Crippen molar-refractivity contribution >= 4 is 43.3 Å². The van der Waals surface area contributed by atoms with Crippen molar-refractivity contribution in [3.63, 3.8) is 0 Å². The lowest BCUT2D eigenvalue weighted by Gasteiger charge is -2.15. The number of hydrogen-bond acceptors (Lipinski definition) is 5. The number of halogens is 1. The smallest absolute Gasteiger partial charge is 0.345 e. The number of rotatable bonds is 5. The Morgan fingerprint density at radius 1 is 1.55 bits per heavy atom. The van der Waals surface area contributed by atoms with Gasteiger partial charge < -0.3 is 9.52 Å². The topological polar surface area (TPSA) is 87.8 Å². The lowest BCUT2D eigenvalue weighted by molar-refractivity contribution is 0.0702.